The Labute approximate surface area is 76.2 Å². The molecule has 0 spiro atoms. The number of nitrogens with zero attached hydrogens (tertiary/aromatic N) is 2. The summed E-state index contributed by atoms with van der Waals surface area (Å²) >= 11 is 0. The van der Waals surface area contributed by atoms with E-state index in [4.69, 9.17) is 0 Å². The third-order valence-corrected chi connectivity index (χ3v) is 1.27. The molecule has 4 nitrogen and oxygen atoms in total. The SMILES string of the molecule is CCOC(=O)N=Nc1ccccc1. The van der Waals surface area contributed by atoms with Gasteiger partial charge in [-0.25, -0.2) is 4.79 Å². The summed E-state index contributed by atoms with van der Waals surface area (Å²) < 4.78 is 4.56. The molecule has 0 heterocycles. The first kappa shape index (κ1) is 9.38. The minimum atomic E-state index is -0.661. The summed E-state index contributed by atoms with van der Waals surface area (Å²) in [4.78, 5) is 10.7. The fourth-order valence-electron chi connectivity index (χ4n) is 0.746. The highest BCUT2D eigenvalue weighted by Crippen LogP contribution is 2.10. The molecule has 0 atom stereocenters. The van der Waals surface area contributed by atoms with Gasteiger partial charge in [0.1, 0.15) is 0 Å². The summed E-state index contributed by atoms with van der Waals surface area (Å²) in [6.45, 7) is 2.03. The van der Waals surface area contributed by atoms with Gasteiger partial charge >= 0.3 is 6.09 Å². The Morgan fingerprint density at radius 2 is 2.08 bits per heavy atom. The molecule has 1 rings (SSSR count). The Balaban J connectivity index is 2.54. The van der Waals surface area contributed by atoms with Crippen molar-refractivity contribution in [3.63, 3.8) is 0 Å². The highest BCUT2D eigenvalue weighted by molar-refractivity contribution is 5.67. The molecular weight excluding hydrogens is 168 g/mol. The van der Waals surface area contributed by atoms with Crippen LogP contribution in [0.15, 0.2) is 40.6 Å². The van der Waals surface area contributed by atoms with Gasteiger partial charge in [-0.1, -0.05) is 23.3 Å². The van der Waals surface area contributed by atoms with E-state index in [1.807, 2.05) is 18.2 Å². The van der Waals surface area contributed by atoms with Gasteiger partial charge in [-0.3, -0.25) is 0 Å². The van der Waals surface area contributed by atoms with Gasteiger partial charge in [0.05, 0.1) is 12.3 Å². The predicted molar refractivity (Wildman–Crippen MR) is 48.0 cm³/mol. The molecule has 0 fully saturated rings. The molecular formula is C9H10N2O2. The van der Waals surface area contributed by atoms with Gasteiger partial charge in [0.15, 0.2) is 0 Å². The molecule has 4 heteroatoms. The summed E-state index contributed by atoms with van der Waals surface area (Å²) in [5.41, 5.74) is 0.635. The number of ether oxygens (including phenoxy) is 1. The van der Waals surface area contributed by atoms with Gasteiger partial charge in [-0.05, 0) is 19.1 Å². The Morgan fingerprint density at radius 1 is 1.38 bits per heavy atom. The number of azo groups is 1. The molecule has 0 bridgehead atoms. The van der Waals surface area contributed by atoms with Crippen LogP contribution in [0.25, 0.3) is 0 Å². The lowest BCUT2D eigenvalue weighted by atomic mass is 10.3. The van der Waals surface area contributed by atoms with Gasteiger partial charge in [0.2, 0.25) is 0 Å². The van der Waals surface area contributed by atoms with E-state index in [1.165, 1.54) is 0 Å². The van der Waals surface area contributed by atoms with E-state index >= 15 is 0 Å². The van der Waals surface area contributed by atoms with Crippen molar-refractivity contribution < 1.29 is 9.53 Å². The molecule has 1 aromatic carbocycles. The standard InChI is InChI=1S/C9H10N2O2/c1-2-13-9(12)11-10-8-6-4-3-5-7-8/h3-7H,2H2,1H3. The highest BCUT2D eigenvalue weighted by atomic mass is 16.5. The molecule has 0 unspecified atom stereocenters. The third kappa shape index (κ3) is 3.46. The molecule has 0 aromatic heterocycles. The van der Waals surface area contributed by atoms with E-state index < -0.39 is 6.09 Å². The number of amides is 1. The average Bonchev–Trinajstić information content (AvgIpc) is 2.17. The zero-order chi connectivity index (χ0) is 9.52. The van der Waals surface area contributed by atoms with Gasteiger partial charge in [0, 0.05) is 0 Å². The summed E-state index contributed by atoms with van der Waals surface area (Å²) in [7, 11) is 0. The third-order valence-electron chi connectivity index (χ3n) is 1.27. The van der Waals surface area contributed by atoms with Crippen molar-refractivity contribution in [1.29, 1.82) is 0 Å². The summed E-state index contributed by atoms with van der Waals surface area (Å²) in [6, 6.07) is 9.01. The highest BCUT2D eigenvalue weighted by Gasteiger charge is 1.95. The van der Waals surface area contributed by atoms with E-state index in [-0.39, 0.29) is 0 Å². The Morgan fingerprint density at radius 3 is 2.69 bits per heavy atom. The molecule has 0 N–H and O–H groups in total. The Hall–Kier alpha value is -1.71. The first-order chi connectivity index (χ1) is 6.33. The number of benzene rings is 1. The van der Waals surface area contributed by atoms with Crippen LogP contribution >= 0.6 is 0 Å². The smallest absolute Gasteiger partial charge is 0.447 e. The maximum atomic E-state index is 10.7. The molecule has 1 amide bonds. The first-order valence-electron chi connectivity index (χ1n) is 3.96. The van der Waals surface area contributed by atoms with E-state index in [1.54, 1.807) is 19.1 Å². The minimum absolute atomic E-state index is 0.312. The van der Waals surface area contributed by atoms with Crippen molar-refractivity contribution in [2.24, 2.45) is 10.2 Å². The van der Waals surface area contributed by atoms with Gasteiger partial charge < -0.3 is 4.74 Å². The van der Waals surface area contributed by atoms with Crippen LogP contribution in [0.3, 0.4) is 0 Å². The van der Waals surface area contributed by atoms with Crippen LogP contribution < -0.4 is 0 Å². The van der Waals surface area contributed by atoms with Crippen LogP contribution in [-0.2, 0) is 4.74 Å². The lowest BCUT2D eigenvalue weighted by Gasteiger charge is -1.92. The van der Waals surface area contributed by atoms with Gasteiger partial charge in [-0.15, -0.1) is 5.11 Å². The lowest BCUT2D eigenvalue weighted by Crippen LogP contribution is -1.95. The van der Waals surface area contributed by atoms with E-state index in [9.17, 15) is 4.79 Å². The van der Waals surface area contributed by atoms with Crippen LogP contribution in [0.4, 0.5) is 10.5 Å². The van der Waals surface area contributed by atoms with Crippen molar-refractivity contribution in [2.45, 2.75) is 6.92 Å². The fourth-order valence-corrected chi connectivity index (χ4v) is 0.746. The molecule has 0 saturated carbocycles. The summed E-state index contributed by atoms with van der Waals surface area (Å²) in [5, 5.41) is 7.02. The maximum absolute atomic E-state index is 10.7. The van der Waals surface area contributed by atoms with Crippen molar-refractivity contribution in [2.75, 3.05) is 6.61 Å². The number of hydrogen-bond acceptors (Lipinski definition) is 3. The predicted octanol–water partition coefficient (Wildman–Crippen LogP) is 2.93. The number of hydrogen-bond donors (Lipinski definition) is 0. The minimum Gasteiger partial charge on any atom is -0.447 e. The Kier molecular flexibility index (Phi) is 3.63. The van der Waals surface area contributed by atoms with E-state index in [0.29, 0.717) is 12.3 Å². The molecule has 13 heavy (non-hydrogen) atoms. The second-order valence-electron chi connectivity index (χ2n) is 2.23. The zero-order valence-corrected chi connectivity index (χ0v) is 7.30. The van der Waals surface area contributed by atoms with Crippen LogP contribution in [-0.4, -0.2) is 12.7 Å². The maximum Gasteiger partial charge on any atom is 0.452 e. The van der Waals surface area contributed by atoms with Crippen molar-refractivity contribution in [3.8, 4) is 0 Å². The van der Waals surface area contributed by atoms with Gasteiger partial charge in [-0.2, -0.15) is 0 Å². The first-order valence-corrected chi connectivity index (χ1v) is 3.96. The lowest BCUT2D eigenvalue weighted by molar-refractivity contribution is 0.162. The van der Waals surface area contributed by atoms with Gasteiger partial charge in [0.25, 0.3) is 0 Å². The van der Waals surface area contributed by atoms with Crippen LogP contribution in [0.2, 0.25) is 0 Å². The molecule has 68 valence electrons. The second-order valence-corrected chi connectivity index (χ2v) is 2.23. The quantitative estimate of drug-likeness (QED) is 0.653. The molecule has 1 aromatic rings. The molecule has 0 radical (unpaired) electrons. The normalized spacial score (nSPS) is 10.2. The largest absolute Gasteiger partial charge is 0.452 e. The number of carbonyl (C=O) groups excluding carboxylic acids is 1. The van der Waals surface area contributed by atoms with E-state index in [2.05, 4.69) is 15.0 Å². The van der Waals surface area contributed by atoms with E-state index in [0.717, 1.165) is 0 Å². The second kappa shape index (κ2) is 5.03. The summed E-state index contributed by atoms with van der Waals surface area (Å²) in [5.74, 6) is 0. The average molecular weight is 178 g/mol. The zero-order valence-electron chi connectivity index (χ0n) is 7.30. The fraction of sp³-hybridized carbons (Fsp3) is 0.222. The monoisotopic (exact) mass is 178 g/mol. The molecule has 0 aliphatic heterocycles. The molecule has 0 aliphatic rings. The Bertz CT molecular complexity index is 296. The molecule has 0 saturated heterocycles. The van der Waals surface area contributed by atoms with Crippen LogP contribution in [0, 0.1) is 0 Å². The van der Waals surface area contributed by atoms with Crippen molar-refractivity contribution >= 4 is 11.8 Å². The van der Waals surface area contributed by atoms with Crippen LogP contribution in [0.5, 0.6) is 0 Å². The molecule has 0 aliphatic carbocycles. The summed E-state index contributed by atoms with van der Waals surface area (Å²) in [6.07, 6.45) is -0.661. The number of carbonyl (C=O) groups is 1. The topological polar surface area (TPSA) is 51.0 Å². The number of rotatable bonds is 2. The van der Waals surface area contributed by atoms with Crippen molar-refractivity contribution in [3.05, 3.63) is 30.3 Å². The van der Waals surface area contributed by atoms with Crippen molar-refractivity contribution in [1.82, 2.24) is 0 Å². The van der Waals surface area contributed by atoms with Crippen LogP contribution in [0.1, 0.15) is 6.92 Å².